The van der Waals surface area contributed by atoms with Crippen molar-refractivity contribution in [1.82, 2.24) is 19.6 Å². The number of halogens is 1. The van der Waals surface area contributed by atoms with E-state index >= 15 is 0 Å². The van der Waals surface area contributed by atoms with Crippen LogP contribution in [-0.2, 0) is 17.8 Å². The summed E-state index contributed by atoms with van der Waals surface area (Å²) in [4.78, 5) is 16.7. The molecule has 3 heterocycles. The molecule has 0 aliphatic carbocycles. The van der Waals surface area contributed by atoms with Crippen molar-refractivity contribution < 1.29 is 9.53 Å². The Labute approximate surface area is 129 Å². The standard InChI is InChI=1S/C14H21ClN4O2/c1-2-17-4-3-5-19-11(10-17)12(15)13(16-19)14(20)18-6-8-21-9-7-18/h2-10H2,1H3. The molecule has 1 fully saturated rings. The van der Waals surface area contributed by atoms with Gasteiger partial charge in [-0.1, -0.05) is 18.5 Å². The summed E-state index contributed by atoms with van der Waals surface area (Å²) in [5, 5.41) is 5.00. The van der Waals surface area contributed by atoms with Gasteiger partial charge in [0, 0.05) is 32.7 Å². The number of morpholine rings is 1. The van der Waals surface area contributed by atoms with Crippen molar-refractivity contribution in [1.29, 1.82) is 0 Å². The van der Waals surface area contributed by atoms with E-state index in [1.165, 1.54) is 0 Å². The molecule has 6 nitrogen and oxygen atoms in total. The van der Waals surface area contributed by atoms with Gasteiger partial charge in [-0.25, -0.2) is 0 Å². The lowest BCUT2D eigenvalue weighted by Gasteiger charge is -2.26. The fourth-order valence-corrected chi connectivity index (χ4v) is 3.14. The molecule has 1 aromatic heterocycles. The van der Waals surface area contributed by atoms with Gasteiger partial charge in [-0.2, -0.15) is 5.10 Å². The van der Waals surface area contributed by atoms with Crippen LogP contribution in [0.4, 0.5) is 0 Å². The molecule has 2 aliphatic rings. The van der Waals surface area contributed by atoms with Crippen molar-refractivity contribution in [3.63, 3.8) is 0 Å². The van der Waals surface area contributed by atoms with E-state index in [1.54, 1.807) is 4.90 Å². The smallest absolute Gasteiger partial charge is 0.276 e. The van der Waals surface area contributed by atoms with Gasteiger partial charge in [-0.05, 0) is 13.0 Å². The van der Waals surface area contributed by atoms with Crippen LogP contribution in [0.5, 0.6) is 0 Å². The number of carbonyl (C=O) groups excluding carboxylic acids is 1. The lowest BCUT2D eigenvalue weighted by molar-refractivity contribution is 0.0298. The van der Waals surface area contributed by atoms with Gasteiger partial charge in [-0.3, -0.25) is 14.4 Å². The van der Waals surface area contributed by atoms with Crippen molar-refractivity contribution in [3.05, 3.63) is 16.4 Å². The fourth-order valence-electron chi connectivity index (χ4n) is 2.87. The highest BCUT2D eigenvalue weighted by Crippen LogP contribution is 2.26. The number of hydrogen-bond donors (Lipinski definition) is 0. The third-order valence-electron chi connectivity index (χ3n) is 4.16. The number of fused-ring (bicyclic) bond motifs is 1. The molecule has 3 rings (SSSR count). The van der Waals surface area contributed by atoms with E-state index in [2.05, 4.69) is 16.9 Å². The molecule has 0 bridgehead atoms. The minimum absolute atomic E-state index is 0.0769. The van der Waals surface area contributed by atoms with Crippen molar-refractivity contribution in [2.45, 2.75) is 26.4 Å². The molecular formula is C14H21ClN4O2. The molecular weight excluding hydrogens is 292 g/mol. The normalized spacial score (nSPS) is 20.2. The van der Waals surface area contributed by atoms with Crippen LogP contribution in [0.3, 0.4) is 0 Å². The minimum atomic E-state index is -0.0769. The maximum atomic E-state index is 12.6. The van der Waals surface area contributed by atoms with Gasteiger partial charge < -0.3 is 9.64 Å². The second-order valence-corrected chi connectivity index (χ2v) is 5.84. The van der Waals surface area contributed by atoms with Gasteiger partial charge in [0.1, 0.15) is 0 Å². The summed E-state index contributed by atoms with van der Waals surface area (Å²) >= 11 is 6.46. The lowest BCUT2D eigenvalue weighted by Crippen LogP contribution is -2.41. The summed E-state index contributed by atoms with van der Waals surface area (Å²) in [7, 11) is 0. The first kappa shape index (κ1) is 14.8. The summed E-state index contributed by atoms with van der Waals surface area (Å²) < 4.78 is 7.19. The summed E-state index contributed by atoms with van der Waals surface area (Å²) in [6.07, 6.45) is 1.03. The van der Waals surface area contributed by atoms with E-state index in [-0.39, 0.29) is 5.91 Å². The van der Waals surface area contributed by atoms with Gasteiger partial charge in [0.25, 0.3) is 5.91 Å². The summed E-state index contributed by atoms with van der Waals surface area (Å²) in [6.45, 7) is 8.13. The van der Waals surface area contributed by atoms with Gasteiger partial charge in [0.2, 0.25) is 0 Å². The highest BCUT2D eigenvalue weighted by atomic mass is 35.5. The first-order valence-electron chi connectivity index (χ1n) is 7.55. The molecule has 0 unspecified atom stereocenters. The van der Waals surface area contributed by atoms with E-state index in [0.717, 1.165) is 38.3 Å². The molecule has 1 amide bonds. The van der Waals surface area contributed by atoms with Crippen LogP contribution in [-0.4, -0.2) is 64.9 Å². The van der Waals surface area contributed by atoms with Crippen LogP contribution in [0.25, 0.3) is 0 Å². The Morgan fingerprint density at radius 2 is 2.05 bits per heavy atom. The van der Waals surface area contributed by atoms with Crippen LogP contribution in [0, 0.1) is 0 Å². The van der Waals surface area contributed by atoms with E-state index in [4.69, 9.17) is 16.3 Å². The van der Waals surface area contributed by atoms with E-state index in [1.807, 2.05) is 4.68 Å². The summed E-state index contributed by atoms with van der Waals surface area (Å²) in [6, 6.07) is 0. The Bertz CT molecular complexity index is 525. The van der Waals surface area contributed by atoms with Crippen molar-refractivity contribution in [2.24, 2.45) is 0 Å². The Kier molecular flexibility index (Phi) is 4.47. The van der Waals surface area contributed by atoms with Gasteiger partial charge >= 0.3 is 0 Å². The highest BCUT2D eigenvalue weighted by Gasteiger charge is 2.28. The molecule has 1 saturated heterocycles. The van der Waals surface area contributed by atoms with E-state index in [9.17, 15) is 4.79 Å². The minimum Gasteiger partial charge on any atom is -0.378 e. The molecule has 0 atom stereocenters. The van der Waals surface area contributed by atoms with Crippen LogP contribution in [0.2, 0.25) is 5.02 Å². The molecule has 0 N–H and O–H groups in total. The zero-order valence-corrected chi connectivity index (χ0v) is 13.1. The van der Waals surface area contributed by atoms with E-state index in [0.29, 0.717) is 37.0 Å². The van der Waals surface area contributed by atoms with Crippen LogP contribution in [0.15, 0.2) is 0 Å². The predicted octanol–water partition coefficient (Wildman–Crippen LogP) is 1.23. The molecule has 21 heavy (non-hydrogen) atoms. The van der Waals surface area contributed by atoms with Crippen LogP contribution >= 0.6 is 11.6 Å². The molecule has 7 heteroatoms. The number of rotatable bonds is 2. The number of aromatic nitrogens is 2. The Morgan fingerprint density at radius 3 is 2.76 bits per heavy atom. The third kappa shape index (κ3) is 2.93. The monoisotopic (exact) mass is 312 g/mol. The molecule has 1 aromatic rings. The maximum absolute atomic E-state index is 12.6. The topological polar surface area (TPSA) is 50.6 Å². The van der Waals surface area contributed by atoms with E-state index < -0.39 is 0 Å². The van der Waals surface area contributed by atoms with Crippen molar-refractivity contribution in [2.75, 3.05) is 39.4 Å². The number of carbonyl (C=O) groups is 1. The molecule has 2 aliphatic heterocycles. The maximum Gasteiger partial charge on any atom is 0.276 e. The second-order valence-electron chi connectivity index (χ2n) is 5.46. The van der Waals surface area contributed by atoms with Crippen molar-refractivity contribution >= 4 is 17.5 Å². The van der Waals surface area contributed by atoms with Gasteiger partial charge in [-0.15, -0.1) is 0 Å². The Hall–Kier alpha value is -1.11. The fraction of sp³-hybridized carbons (Fsp3) is 0.714. The quantitative estimate of drug-likeness (QED) is 0.824. The summed E-state index contributed by atoms with van der Waals surface area (Å²) in [5.74, 6) is -0.0769. The number of hydrogen-bond acceptors (Lipinski definition) is 4. The number of aryl methyl sites for hydroxylation is 1. The van der Waals surface area contributed by atoms with Crippen molar-refractivity contribution in [3.8, 4) is 0 Å². The molecule has 0 radical (unpaired) electrons. The summed E-state index contributed by atoms with van der Waals surface area (Å²) in [5.41, 5.74) is 1.36. The van der Waals surface area contributed by atoms with Crippen LogP contribution in [0.1, 0.15) is 29.5 Å². The van der Waals surface area contributed by atoms with Crippen LogP contribution < -0.4 is 0 Å². The SMILES string of the molecule is CCN1CCCn2nc(C(=O)N3CCOCC3)c(Cl)c2C1. The molecule has 0 saturated carbocycles. The number of ether oxygens (including phenoxy) is 1. The molecule has 116 valence electrons. The second kappa shape index (κ2) is 6.34. The predicted molar refractivity (Wildman–Crippen MR) is 79.5 cm³/mol. The first-order valence-corrected chi connectivity index (χ1v) is 7.93. The Balaban J connectivity index is 1.85. The average molecular weight is 313 g/mol. The zero-order valence-electron chi connectivity index (χ0n) is 12.3. The molecule has 0 spiro atoms. The first-order chi connectivity index (χ1) is 10.2. The Morgan fingerprint density at radius 1 is 1.29 bits per heavy atom. The largest absolute Gasteiger partial charge is 0.378 e. The zero-order chi connectivity index (χ0) is 14.8. The molecule has 0 aromatic carbocycles. The average Bonchev–Trinajstić information content (AvgIpc) is 2.72. The highest BCUT2D eigenvalue weighted by molar-refractivity contribution is 6.34. The number of nitrogens with zero attached hydrogens (tertiary/aromatic N) is 4. The number of amides is 1. The van der Waals surface area contributed by atoms with Gasteiger partial charge in [0.05, 0.1) is 23.9 Å². The lowest BCUT2D eigenvalue weighted by atomic mass is 10.3. The van der Waals surface area contributed by atoms with Gasteiger partial charge in [0.15, 0.2) is 5.69 Å². The third-order valence-corrected chi connectivity index (χ3v) is 4.56.